The van der Waals surface area contributed by atoms with E-state index >= 15 is 0 Å². The number of benzene rings is 2. The quantitative estimate of drug-likeness (QED) is 0.257. The molecule has 0 aliphatic carbocycles. The predicted octanol–water partition coefficient (Wildman–Crippen LogP) is 5.97. The number of ether oxygens (including phenoxy) is 1. The van der Waals surface area contributed by atoms with Crippen LogP contribution in [-0.2, 0) is 0 Å². The Morgan fingerprint density at radius 3 is 2.70 bits per heavy atom. The highest BCUT2D eigenvalue weighted by atomic mass is 79.9. The number of carbonyl (C=O) groups is 1. The van der Waals surface area contributed by atoms with E-state index in [1.165, 1.54) is 12.1 Å². The molecule has 7 heteroatoms. The third-order valence-corrected chi connectivity index (χ3v) is 5.31. The fraction of sp³-hybridized carbons (Fsp3) is 0.0500. The Morgan fingerprint density at radius 2 is 1.89 bits per heavy atom. The number of rotatable bonds is 2. The summed E-state index contributed by atoms with van der Waals surface area (Å²) < 4.78 is 20.8. The molecule has 0 fully saturated rings. The van der Waals surface area contributed by atoms with Crippen LogP contribution >= 0.6 is 31.9 Å². The average molecular weight is 490 g/mol. The molecule has 27 heavy (non-hydrogen) atoms. The molecule has 2 aromatic carbocycles. The maximum atomic E-state index is 13.7. The molecule has 4 rings (SSSR count). The molecule has 0 saturated carbocycles. The van der Waals surface area contributed by atoms with Crippen molar-refractivity contribution < 1.29 is 13.9 Å². The molecule has 0 aliphatic heterocycles. The highest BCUT2D eigenvalue weighted by molar-refractivity contribution is 9.11. The highest BCUT2D eigenvalue weighted by Crippen LogP contribution is 2.38. The van der Waals surface area contributed by atoms with Crippen molar-refractivity contribution >= 4 is 59.6 Å². The molecule has 4 nitrogen and oxygen atoms in total. The molecule has 0 atom stereocenters. The third kappa shape index (κ3) is 3.33. The molecule has 0 amide bonds. The maximum Gasteiger partial charge on any atom is 0.344 e. The minimum Gasteiger partial charge on any atom is -0.419 e. The molecule has 4 aromatic rings. The molecule has 0 unspecified atom stereocenters. The van der Waals surface area contributed by atoms with Gasteiger partial charge in [-0.1, -0.05) is 22.0 Å². The number of hydrogen-bond acceptors (Lipinski definition) is 4. The molecule has 0 radical (unpaired) electrons. The van der Waals surface area contributed by atoms with Crippen LogP contribution in [0.3, 0.4) is 0 Å². The van der Waals surface area contributed by atoms with Gasteiger partial charge in [-0.05, 0) is 59.3 Å². The molecule has 2 aromatic heterocycles. The van der Waals surface area contributed by atoms with Crippen LogP contribution in [0.5, 0.6) is 5.75 Å². The molecule has 0 spiro atoms. The zero-order chi connectivity index (χ0) is 19.1. The second-order valence-corrected chi connectivity index (χ2v) is 7.64. The number of nitrogens with zero attached hydrogens (tertiary/aromatic N) is 2. The Balaban J connectivity index is 1.86. The number of esters is 1. The minimum atomic E-state index is -0.605. The van der Waals surface area contributed by atoms with E-state index in [0.29, 0.717) is 32.3 Å². The van der Waals surface area contributed by atoms with Crippen molar-refractivity contribution in [3.63, 3.8) is 0 Å². The van der Waals surface area contributed by atoms with Crippen LogP contribution in [-0.4, -0.2) is 15.9 Å². The van der Waals surface area contributed by atoms with E-state index in [1.807, 2.05) is 6.07 Å². The summed E-state index contributed by atoms with van der Waals surface area (Å²) in [5.41, 5.74) is 1.95. The summed E-state index contributed by atoms with van der Waals surface area (Å²) in [6.07, 6.45) is 1.62. The third-order valence-electron chi connectivity index (χ3n) is 4.06. The first-order valence-corrected chi connectivity index (χ1v) is 9.54. The van der Waals surface area contributed by atoms with E-state index in [1.54, 1.807) is 37.4 Å². The van der Waals surface area contributed by atoms with Crippen LogP contribution < -0.4 is 4.74 Å². The Kier molecular flexibility index (Phi) is 4.65. The summed E-state index contributed by atoms with van der Waals surface area (Å²) in [5.74, 6) is -0.747. The number of halogens is 3. The van der Waals surface area contributed by atoms with Crippen LogP contribution in [0.4, 0.5) is 4.39 Å². The van der Waals surface area contributed by atoms with Gasteiger partial charge in [-0.3, -0.25) is 9.97 Å². The predicted molar refractivity (Wildman–Crippen MR) is 109 cm³/mol. The summed E-state index contributed by atoms with van der Waals surface area (Å²) in [7, 11) is 0. The van der Waals surface area contributed by atoms with Gasteiger partial charge in [-0.15, -0.1) is 0 Å². The fourth-order valence-corrected chi connectivity index (χ4v) is 4.24. The van der Waals surface area contributed by atoms with Crippen LogP contribution in [0.1, 0.15) is 16.1 Å². The van der Waals surface area contributed by atoms with Gasteiger partial charge in [-0.25, -0.2) is 9.18 Å². The molecule has 0 bridgehead atoms. The lowest BCUT2D eigenvalue weighted by molar-refractivity contribution is 0.0737. The fourth-order valence-electron chi connectivity index (χ4n) is 2.89. The van der Waals surface area contributed by atoms with Crippen LogP contribution in [0.25, 0.3) is 21.8 Å². The van der Waals surface area contributed by atoms with Gasteiger partial charge in [0.25, 0.3) is 0 Å². The number of aryl methyl sites for hydroxylation is 1. The summed E-state index contributed by atoms with van der Waals surface area (Å²) in [6.45, 7) is 1.77. The van der Waals surface area contributed by atoms with Crippen molar-refractivity contribution in [1.29, 1.82) is 0 Å². The lowest BCUT2D eigenvalue weighted by Gasteiger charge is -2.12. The average Bonchev–Trinajstić information content (AvgIpc) is 2.64. The van der Waals surface area contributed by atoms with Crippen molar-refractivity contribution in [3.05, 3.63) is 74.7 Å². The number of aromatic nitrogens is 2. The Hall–Kier alpha value is -2.38. The first-order chi connectivity index (χ1) is 12.9. The van der Waals surface area contributed by atoms with Gasteiger partial charge in [0.15, 0.2) is 5.75 Å². The summed E-state index contributed by atoms with van der Waals surface area (Å²) in [4.78, 5) is 21.6. The molecule has 0 aliphatic rings. The molecular weight excluding hydrogens is 479 g/mol. The Morgan fingerprint density at radius 1 is 1.07 bits per heavy atom. The first kappa shape index (κ1) is 18.0. The highest BCUT2D eigenvalue weighted by Gasteiger charge is 2.19. The van der Waals surface area contributed by atoms with Crippen LogP contribution in [0, 0.1) is 12.7 Å². The van der Waals surface area contributed by atoms with E-state index in [0.717, 1.165) is 9.86 Å². The molecule has 2 heterocycles. The minimum absolute atomic E-state index is 0.246. The maximum absolute atomic E-state index is 13.7. The van der Waals surface area contributed by atoms with Gasteiger partial charge < -0.3 is 4.74 Å². The van der Waals surface area contributed by atoms with Gasteiger partial charge in [0.1, 0.15) is 11.3 Å². The number of hydrogen-bond donors (Lipinski definition) is 0. The van der Waals surface area contributed by atoms with Crippen molar-refractivity contribution in [2.75, 3.05) is 0 Å². The van der Waals surface area contributed by atoms with Gasteiger partial charge in [-0.2, -0.15) is 0 Å². The topological polar surface area (TPSA) is 52.1 Å². The van der Waals surface area contributed by atoms with Gasteiger partial charge in [0.05, 0.1) is 15.6 Å². The van der Waals surface area contributed by atoms with Gasteiger partial charge in [0, 0.05) is 27.1 Å². The standard InChI is InChI=1S/C20H11Br2FN2O2/c1-10-7-14(13-8-11(23)4-5-17(13)25-10)20(26)27-19-16(22)9-15(21)12-3-2-6-24-18(12)19/h2-9H,1H3. The lowest BCUT2D eigenvalue weighted by atomic mass is 10.1. The van der Waals surface area contributed by atoms with E-state index < -0.39 is 11.8 Å². The molecule has 0 saturated heterocycles. The van der Waals surface area contributed by atoms with Gasteiger partial charge >= 0.3 is 5.97 Å². The largest absolute Gasteiger partial charge is 0.419 e. The Labute approximate surface area is 170 Å². The van der Waals surface area contributed by atoms with E-state index in [2.05, 4.69) is 41.8 Å². The van der Waals surface area contributed by atoms with E-state index in [4.69, 9.17) is 4.74 Å². The smallest absolute Gasteiger partial charge is 0.344 e. The number of carbonyl (C=O) groups excluding carboxylic acids is 1. The van der Waals surface area contributed by atoms with Crippen molar-refractivity contribution in [3.8, 4) is 5.75 Å². The van der Waals surface area contributed by atoms with Crippen molar-refractivity contribution in [2.45, 2.75) is 6.92 Å². The second-order valence-electron chi connectivity index (χ2n) is 5.93. The monoisotopic (exact) mass is 488 g/mol. The van der Waals surface area contributed by atoms with Crippen LogP contribution in [0.15, 0.2) is 57.6 Å². The molecule has 0 N–H and O–H groups in total. The Bertz CT molecular complexity index is 1230. The zero-order valence-electron chi connectivity index (χ0n) is 14.0. The lowest BCUT2D eigenvalue weighted by Crippen LogP contribution is -2.11. The second kappa shape index (κ2) is 6.98. The van der Waals surface area contributed by atoms with E-state index in [-0.39, 0.29) is 5.56 Å². The summed E-state index contributed by atoms with van der Waals surface area (Å²) in [6, 6.07) is 11.2. The van der Waals surface area contributed by atoms with E-state index in [9.17, 15) is 9.18 Å². The number of fused-ring (bicyclic) bond motifs is 2. The number of pyridine rings is 2. The summed E-state index contributed by atoms with van der Waals surface area (Å²) >= 11 is 6.91. The normalized spacial score (nSPS) is 11.1. The summed E-state index contributed by atoms with van der Waals surface area (Å²) in [5, 5.41) is 1.21. The van der Waals surface area contributed by atoms with Crippen molar-refractivity contribution in [1.82, 2.24) is 9.97 Å². The van der Waals surface area contributed by atoms with Crippen LogP contribution in [0.2, 0.25) is 0 Å². The van der Waals surface area contributed by atoms with Gasteiger partial charge in [0.2, 0.25) is 0 Å². The van der Waals surface area contributed by atoms with Crippen molar-refractivity contribution in [2.24, 2.45) is 0 Å². The molecule has 134 valence electrons. The zero-order valence-corrected chi connectivity index (χ0v) is 17.1. The first-order valence-electron chi connectivity index (χ1n) is 7.96. The SMILES string of the molecule is Cc1cc(C(=O)Oc2c(Br)cc(Br)c3cccnc23)c2cc(F)ccc2n1. The molecular formula is C20H11Br2FN2O2.